The summed E-state index contributed by atoms with van der Waals surface area (Å²) in [6.45, 7) is 1.54. The summed E-state index contributed by atoms with van der Waals surface area (Å²) in [7, 11) is -4.00. The van der Waals surface area contributed by atoms with Gasteiger partial charge in [0.1, 0.15) is 11.6 Å². The Bertz CT molecular complexity index is 693. The van der Waals surface area contributed by atoms with Crippen molar-refractivity contribution >= 4 is 16.0 Å². The van der Waals surface area contributed by atoms with Gasteiger partial charge in [-0.2, -0.15) is 9.57 Å². The van der Waals surface area contributed by atoms with E-state index in [0.29, 0.717) is 6.42 Å². The lowest BCUT2D eigenvalue weighted by Crippen LogP contribution is -2.50. The number of nitriles is 1. The van der Waals surface area contributed by atoms with Gasteiger partial charge in [0.2, 0.25) is 10.0 Å². The molecule has 6 nitrogen and oxygen atoms in total. The number of aliphatic carboxylic acids is 1. The molecular formula is C13H14N2O4S. The Morgan fingerprint density at radius 3 is 2.70 bits per heavy atom. The number of benzene rings is 1. The highest BCUT2D eigenvalue weighted by Crippen LogP contribution is 2.35. The molecule has 106 valence electrons. The molecule has 0 saturated carbocycles. The topological polar surface area (TPSA) is 98.5 Å². The Hall–Kier alpha value is -1.91. The first-order valence-electron chi connectivity index (χ1n) is 6.09. The van der Waals surface area contributed by atoms with Gasteiger partial charge in [-0.25, -0.2) is 8.42 Å². The normalized spacial score (nSPS) is 23.4. The Morgan fingerprint density at radius 2 is 2.10 bits per heavy atom. The maximum absolute atomic E-state index is 12.6. The van der Waals surface area contributed by atoms with E-state index in [4.69, 9.17) is 5.26 Å². The van der Waals surface area contributed by atoms with Crippen molar-refractivity contribution in [3.8, 4) is 6.07 Å². The van der Waals surface area contributed by atoms with Crippen LogP contribution in [0.3, 0.4) is 0 Å². The second kappa shape index (κ2) is 4.89. The summed E-state index contributed by atoms with van der Waals surface area (Å²) in [6.07, 6.45) is 0.743. The molecule has 0 spiro atoms. The van der Waals surface area contributed by atoms with Gasteiger partial charge in [-0.15, -0.1) is 0 Å². The number of carboxylic acid groups (broad SMARTS) is 1. The van der Waals surface area contributed by atoms with E-state index in [2.05, 4.69) is 0 Å². The molecule has 1 saturated heterocycles. The molecule has 0 aromatic heterocycles. The zero-order valence-electron chi connectivity index (χ0n) is 10.9. The van der Waals surface area contributed by atoms with Gasteiger partial charge in [0.25, 0.3) is 0 Å². The van der Waals surface area contributed by atoms with Crippen LogP contribution in [0.4, 0.5) is 0 Å². The summed E-state index contributed by atoms with van der Waals surface area (Å²) in [5.74, 6) is -1.17. The minimum Gasteiger partial charge on any atom is -0.480 e. The van der Waals surface area contributed by atoms with Gasteiger partial charge in [0, 0.05) is 6.54 Å². The van der Waals surface area contributed by atoms with Crippen molar-refractivity contribution < 1.29 is 18.3 Å². The van der Waals surface area contributed by atoms with E-state index in [0.717, 1.165) is 4.31 Å². The number of carbonyl (C=O) groups is 1. The smallest absolute Gasteiger partial charge is 0.324 e. The second-order valence-corrected chi connectivity index (χ2v) is 6.70. The van der Waals surface area contributed by atoms with Crippen molar-refractivity contribution in [1.29, 1.82) is 5.26 Å². The van der Waals surface area contributed by atoms with E-state index >= 15 is 0 Å². The zero-order valence-corrected chi connectivity index (χ0v) is 11.7. The predicted molar refractivity (Wildman–Crippen MR) is 70.3 cm³/mol. The van der Waals surface area contributed by atoms with Crippen LogP contribution in [0.2, 0.25) is 0 Å². The summed E-state index contributed by atoms with van der Waals surface area (Å²) < 4.78 is 26.3. The summed E-state index contributed by atoms with van der Waals surface area (Å²) in [4.78, 5) is 11.3. The first-order chi connectivity index (χ1) is 9.34. The van der Waals surface area contributed by atoms with Crippen molar-refractivity contribution in [2.45, 2.75) is 30.2 Å². The van der Waals surface area contributed by atoms with Gasteiger partial charge in [0.05, 0.1) is 10.5 Å². The van der Waals surface area contributed by atoms with Crippen LogP contribution >= 0.6 is 0 Å². The van der Waals surface area contributed by atoms with Crippen molar-refractivity contribution in [2.75, 3.05) is 6.54 Å². The van der Waals surface area contributed by atoms with Gasteiger partial charge < -0.3 is 5.11 Å². The summed E-state index contributed by atoms with van der Waals surface area (Å²) >= 11 is 0. The van der Waals surface area contributed by atoms with Crippen LogP contribution in [-0.2, 0) is 14.8 Å². The average Bonchev–Trinajstić information content (AvgIpc) is 2.83. The molecule has 1 fully saturated rings. The largest absolute Gasteiger partial charge is 0.480 e. The molecule has 0 aliphatic carbocycles. The Labute approximate surface area is 117 Å². The molecular weight excluding hydrogens is 280 g/mol. The molecule has 0 amide bonds. The van der Waals surface area contributed by atoms with Crippen LogP contribution in [0.1, 0.15) is 25.3 Å². The minimum absolute atomic E-state index is 0.0205. The second-order valence-electron chi connectivity index (χ2n) is 4.87. The number of carboxylic acids is 1. The van der Waals surface area contributed by atoms with E-state index < -0.39 is 21.5 Å². The maximum Gasteiger partial charge on any atom is 0.324 e. The predicted octanol–water partition coefficient (Wildman–Crippen LogP) is 1.19. The summed E-state index contributed by atoms with van der Waals surface area (Å²) in [6, 6.07) is 7.64. The number of hydrogen-bond donors (Lipinski definition) is 1. The van der Waals surface area contributed by atoms with Crippen molar-refractivity contribution in [2.24, 2.45) is 0 Å². The first kappa shape index (κ1) is 14.5. The first-order valence-corrected chi connectivity index (χ1v) is 7.53. The average molecular weight is 294 g/mol. The molecule has 2 rings (SSSR count). The van der Waals surface area contributed by atoms with Gasteiger partial charge in [-0.05, 0) is 31.9 Å². The molecule has 0 bridgehead atoms. The van der Waals surface area contributed by atoms with E-state index in [-0.39, 0.29) is 23.4 Å². The quantitative estimate of drug-likeness (QED) is 0.902. The lowest BCUT2D eigenvalue weighted by molar-refractivity contribution is -0.146. The Kier molecular flexibility index (Phi) is 3.54. The van der Waals surface area contributed by atoms with E-state index in [1.165, 1.54) is 25.1 Å². The van der Waals surface area contributed by atoms with Crippen LogP contribution in [0.5, 0.6) is 0 Å². The monoisotopic (exact) mass is 294 g/mol. The fraction of sp³-hybridized carbons (Fsp3) is 0.385. The van der Waals surface area contributed by atoms with Crippen molar-refractivity contribution in [1.82, 2.24) is 4.31 Å². The van der Waals surface area contributed by atoms with E-state index in [1.54, 1.807) is 6.07 Å². The van der Waals surface area contributed by atoms with E-state index in [9.17, 15) is 18.3 Å². The SMILES string of the molecule is CC1(C(=O)O)CCCN1S(=O)(=O)c1ccccc1C#N. The lowest BCUT2D eigenvalue weighted by Gasteiger charge is -2.30. The molecule has 1 aromatic rings. The highest BCUT2D eigenvalue weighted by molar-refractivity contribution is 7.89. The van der Waals surface area contributed by atoms with Crippen molar-refractivity contribution in [3.63, 3.8) is 0 Å². The van der Waals surface area contributed by atoms with Crippen LogP contribution < -0.4 is 0 Å². The lowest BCUT2D eigenvalue weighted by atomic mass is 10.0. The third-order valence-corrected chi connectivity index (χ3v) is 5.69. The number of sulfonamides is 1. The van der Waals surface area contributed by atoms with Gasteiger partial charge in [-0.1, -0.05) is 12.1 Å². The maximum atomic E-state index is 12.6. The highest BCUT2D eigenvalue weighted by atomic mass is 32.2. The molecule has 1 atom stereocenters. The van der Waals surface area contributed by atoms with Crippen molar-refractivity contribution in [3.05, 3.63) is 29.8 Å². The zero-order chi connectivity index (χ0) is 15.0. The molecule has 1 unspecified atom stereocenters. The molecule has 1 N–H and O–H groups in total. The van der Waals surface area contributed by atoms with Crippen LogP contribution in [0.25, 0.3) is 0 Å². The highest BCUT2D eigenvalue weighted by Gasteiger charge is 2.50. The van der Waals surface area contributed by atoms with Crippen LogP contribution in [-0.4, -0.2) is 35.9 Å². The molecule has 1 aromatic carbocycles. The molecule has 0 radical (unpaired) electrons. The van der Waals surface area contributed by atoms with Crippen LogP contribution in [0, 0.1) is 11.3 Å². The third-order valence-electron chi connectivity index (χ3n) is 3.61. The minimum atomic E-state index is -4.00. The molecule has 1 aliphatic rings. The third kappa shape index (κ3) is 2.07. The Balaban J connectivity index is 2.57. The fourth-order valence-corrected chi connectivity index (χ4v) is 4.39. The Morgan fingerprint density at radius 1 is 1.45 bits per heavy atom. The number of nitrogens with zero attached hydrogens (tertiary/aromatic N) is 2. The molecule has 1 heterocycles. The molecule has 7 heteroatoms. The van der Waals surface area contributed by atoms with Crippen LogP contribution in [0.15, 0.2) is 29.2 Å². The number of hydrogen-bond acceptors (Lipinski definition) is 4. The molecule has 20 heavy (non-hydrogen) atoms. The summed E-state index contributed by atoms with van der Waals surface area (Å²) in [5, 5.41) is 18.3. The fourth-order valence-electron chi connectivity index (χ4n) is 2.44. The van der Waals surface area contributed by atoms with E-state index in [1.807, 2.05) is 6.07 Å². The number of rotatable bonds is 3. The summed E-state index contributed by atoms with van der Waals surface area (Å²) in [5.41, 5.74) is -1.44. The van der Waals surface area contributed by atoms with Gasteiger partial charge in [0.15, 0.2) is 0 Å². The molecule has 1 aliphatic heterocycles. The van der Waals surface area contributed by atoms with Gasteiger partial charge in [-0.3, -0.25) is 4.79 Å². The standard InChI is InChI=1S/C13H14N2O4S/c1-13(12(16)17)7-4-8-15(13)20(18,19)11-6-3-2-5-10(11)9-14/h2-3,5-6H,4,7-8H2,1H3,(H,16,17). The van der Waals surface area contributed by atoms with Gasteiger partial charge >= 0.3 is 5.97 Å².